The number of ether oxygens (including phenoxy) is 1. The molecule has 0 aliphatic carbocycles. The van der Waals surface area contributed by atoms with Gasteiger partial charge in [-0.05, 0) is 57.1 Å². The van der Waals surface area contributed by atoms with Crippen molar-refractivity contribution in [3.05, 3.63) is 101 Å². The summed E-state index contributed by atoms with van der Waals surface area (Å²) >= 11 is 2.37. The molecule has 0 spiro atoms. The molecule has 0 unspecified atom stereocenters. The first kappa shape index (κ1) is 28.1. The Balaban J connectivity index is 1.66. The highest BCUT2D eigenvalue weighted by atomic mass is 79.9. The predicted octanol–water partition coefficient (Wildman–Crippen LogP) is 8.61. The molecule has 4 rings (SSSR count). The van der Waals surface area contributed by atoms with E-state index in [0.717, 1.165) is 40.6 Å². The molecular formula is C29H23BrF4N2O3. The van der Waals surface area contributed by atoms with Crippen LogP contribution in [0.2, 0.25) is 0 Å². The monoisotopic (exact) mass is 602 g/mol. The summed E-state index contributed by atoms with van der Waals surface area (Å²) in [4.78, 5) is 21.0. The Hall–Kier alpha value is -3.92. The van der Waals surface area contributed by atoms with Crippen molar-refractivity contribution in [2.75, 3.05) is 5.32 Å². The van der Waals surface area contributed by atoms with Crippen LogP contribution in [0.1, 0.15) is 42.3 Å². The summed E-state index contributed by atoms with van der Waals surface area (Å²) in [5.41, 5.74) is -1.25. The third-order valence-corrected chi connectivity index (χ3v) is 6.29. The van der Waals surface area contributed by atoms with E-state index >= 15 is 0 Å². The molecule has 3 amide bonds. The summed E-state index contributed by atoms with van der Waals surface area (Å²) in [6.45, 7) is 5.93. The third kappa shape index (κ3) is 6.22. The maximum Gasteiger partial charge on any atom is 0.330 e. The zero-order valence-corrected chi connectivity index (χ0v) is 22.6. The number of benzene rings is 4. The number of urea groups is 1. The highest BCUT2D eigenvalue weighted by Gasteiger charge is 2.33. The largest absolute Gasteiger partial charge is 0.456 e. The number of halogens is 5. The summed E-state index contributed by atoms with van der Waals surface area (Å²) in [6.07, 6.45) is 0. The van der Waals surface area contributed by atoms with E-state index in [1.54, 1.807) is 5.32 Å². The van der Waals surface area contributed by atoms with Gasteiger partial charge in [0.25, 0.3) is 5.91 Å². The number of alkyl halides is 3. The molecule has 0 saturated heterocycles. The maximum atomic E-state index is 14.7. The maximum absolute atomic E-state index is 14.7. The minimum Gasteiger partial charge on any atom is -0.456 e. The molecule has 39 heavy (non-hydrogen) atoms. The second kappa shape index (κ2) is 10.7. The number of carbonyl (C=O) groups excluding carboxylic acids is 2. The highest BCUT2D eigenvalue weighted by molar-refractivity contribution is 9.09. The van der Waals surface area contributed by atoms with Crippen LogP contribution >= 0.6 is 15.9 Å². The molecule has 0 atom stereocenters. The van der Waals surface area contributed by atoms with Gasteiger partial charge in [0.05, 0.1) is 5.56 Å². The summed E-state index contributed by atoms with van der Waals surface area (Å²) in [7, 11) is 0. The van der Waals surface area contributed by atoms with Crippen molar-refractivity contribution in [1.82, 2.24) is 5.32 Å². The summed E-state index contributed by atoms with van der Waals surface area (Å²) in [5, 5.41) is 5.60. The molecule has 4 aromatic carbocycles. The molecule has 0 aromatic heterocycles. The van der Waals surface area contributed by atoms with Crippen molar-refractivity contribution in [1.29, 1.82) is 0 Å². The predicted molar refractivity (Wildman–Crippen MR) is 145 cm³/mol. The Morgan fingerprint density at radius 1 is 0.846 bits per heavy atom. The molecule has 2 N–H and O–H groups in total. The fraction of sp³-hybridized carbons (Fsp3) is 0.172. The molecule has 0 bridgehead atoms. The first-order chi connectivity index (χ1) is 18.3. The first-order valence-corrected chi connectivity index (χ1v) is 12.5. The van der Waals surface area contributed by atoms with Crippen LogP contribution < -0.4 is 15.4 Å². The first-order valence-electron chi connectivity index (χ1n) is 11.7. The SMILES string of the molecule is CC(C)(C)c1ccc2ccccc2c1Oc1ccc(NC(=O)NC(=O)c2c(F)cccc2F)cc1C(F)(F)Br. The van der Waals surface area contributed by atoms with Crippen LogP contribution in [-0.2, 0) is 10.2 Å². The van der Waals surface area contributed by atoms with Gasteiger partial charge in [-0.25, -0.2) is 13.6 Å². The van der Waals surface area contributed by atoms with E-state index in [4.69, 9.17) is 4.74 Å². The second-order valence-electron chi connectivity index (χ2n) is 9.73. The van der Waals surface area contributed by atoms with Crippen molar-refractivity contribution >= 4 is 44.3 Å². The quantitative estimate of drug-likeness (QED) is 0.177. The van der Waals surface area contributed by atoms with Crippen molar-refractivity contribution < 1.29 is 31.9 Å². The van der Waals surface area contributed by atoms with Gasteiger partial charge < -0.3 is 10.1 Å². The van der Waals surface area contributed by atoms with Crippen molar-refractivity contribution in [3.63, 3.8) is 0 Å². The van der Waals surface area contributed by atoms with Crippen molar-refractivity contribution in [3.8, 4) is 11.5 Å². The van der Waals surface area contributed by atoms with E-state index in [1.165, 1.54) is 12.1 Å². The van der Waals surface area contributed by atoms with Crippen LogP contribution in [0, 0.1) is 11.6 Å². The Morgan fingerprint density at radius 3 is 2.15 bits per heavy atom. The molecule has 0 radical (unpaired) electrons. The van der Waals surface area contributed by atoms with Gasteiger partial charge in [-0.3, -0.25) is 10.1 Å². The zero-order valence-electron chi connectivity index (χ0n) is 21.0. The van der Waals surface area contributed by atoms with Gasteiger partial charge in [0, 0.05) is 16.6 Å². The summed E-state index contributed by atoms with van der Waals surface area (Å²) in [6, 6.07) is 16.4. The second-order valence-corrected chi connectivity index (χ2v) is 10.7. The number of carbonyl (C=O) groups is 2. The number of hydrogen-bond donors (Lipinski definition) is 2. The zero-order chi connectivity index (χ0) is 28.5. The van der Waals surface area contributed by atoms with Gasteiger partial charge in [0.15, 0.2) is 0 Å². The molecule has 0 heterocycles. The van der Waals surface area contributed by atoms with Crippen LogP contribution in [0.15, 0.2) is 72.8 Å². The Bertz CT molecular complexity index is 1560. The number of imide groups is 1. The Kier molecular flexibility index (Phi) is 7.70. The minimum atomic E-state index is -3.56. The van der Waals surface area contributed by atoms with E-state index in [9.17, 15) is 27.2 Å². The lowest BCUT2D eigenvalue weighted by Gasteiger charge is -2.25. The van der Waals surface area contributed by atoms with Crippen LogP contribution in [-0.4, -0.2) is 11.9 Å². The minimum absolute atomic E-state index is 0.121. The molecule has 10 heteroatoms. The molecule has 0 saturated carbocycles. The van der Waals surface area contributed by atoms with Crippen LogP contribution in [0.4, 0.5) is 28.0 Å². The number of anilines is 1. The van der Waals surface area contributed by atoms with Crippen molar-refractivity contribution in [2.24, 2.45) is 0 Å². The molecule has 0 fully saturated rings. The fourth-order valence-corrected chi connectivity index (χ4v) is 4.32. The van der Waals surface area contributed by atoms with E-state index in [-0.39, 0.29) is 16.9 Å². The van der Waals surface area contributed by atoms with Gasteiger partial charge in [0.2, 0.25) is 0 Å². The van der Waals surface area contributed by atoms with Gasteiger partial charge in [0.1, 0.15) is 28.7 Å². The number of nitrogens with one attached hydrogen (secondary N) is 2. The van der Waals surface area contributed by atoms with Crippen LogP contribution in [0.5, 0.6) is 11.5 Å². The Labute approximate surface area is 230 Å². The number of amides is 3. The van der Waals surface area contributed by atoms with E-state index in [2.05, 4.69) is 21.2 Å². The fourth-order valence-electron chi connectivity index (χ4n) is 4.01. The molecule has 202 valence electrons. The van der Waals surface area contributed by atoms with Gasteiger partial charge >= 0.3 is 10.9 Å². The highest BCUT2D eigenvalue weighted by Crippen LogP contribution is 2.46. The number of hydrogen-bond acceptors (Lipinski definition) is 3. The van der Waals surface area contributed by atoms with Crippen LogP contribution in [0.25, 0.3) is 10.8 Å². The van der Waals surface area contributed by atoms with E-state index in [0.29, 0.717) is 5.75 Å². The molecule has 0 aliphatic heterocycles. The molecule has 4 aromatic rings. The van der Waals surface area contributed by atoms with Gasteiger partial charge in [-0.2, -0.15) is 8.78 Å². The lowest BCUT2D eigenvalue weighted by atomic mass is 9.85. The summed E-state index contributed by atoms with van der Waals surface area (Å²) < 4.78 is 63.2. The molecule has 5 nitrogen and oxygen atoms in total. The number of rotatable bonds is 5. The van der Waals surface area contributed by atoms with Gasteiger partial charge in [-0.15, -0.1) is 0 Å². The van der Waals surface area contributed by atoms with Crippen LogP contribution in [0.3, 0.4) is 0 Å². The average Bonchev–Trinajstić information content (AvgIpc) is 2.83. The van der Waals surface area contributed by atoms with E-state index < -0.39 is 39.5 Å². The Morgan fingerprint density at radius 2 is 1.51 bits per heavy atom. The normalized spacial score (nSPS) is 11.8. The standard InChI is InChI=1S/C29H23BrF4N2O3/c1-28(2,3)19-13-11-16-7-4-5-8-18(16)25(19)39-23-14-12-17(15-20(23)29(30,33)34)35-27(38)36-26(37)24-21(31)9-6-10-22(24)32/h4-15H,1-3H3,(H2,35,36,37,38). The van der Waals surface area contributed by atoms with E-state index in [1.807, 2.05) is 57.2 Å². The third-order valence-electron chi connectivity index (χ3n) is 5.86. The smallest absolute Gasteiger partial charge is 0.330 e. The number of fused-ring (bicyclic) bond motifs is 1. The average molecular weight is 603 g/mol. The topological polar surface area (TPSA) is 67.4 Å². The van der Waals surface area contributed by atoms with Gasteiger partial charge in [-0.1, -0.05) is 63.2 Å². The lowest BCUT2D eigenvalue weighted by molar-refractivity contribution is 0.0958. The summed E-state index contributed by atoms with van der Waals surface area (Å²) in [5.74, 6) is -3.42. The van der Waals surface area contributed by atoms with Crippen molar-refractivity contribution in [2.45, 2.75) is 31.0 Å². The molecular weight excluding hydrogens is 580 g/mol. The molecule has 0 aliphatic rings. The lowest BCUT2D eigenvalue weighted by Crippen LogP contribution is -2.35.